The zero-order valence-electron chi connectivity index (χ0n) is 18.9. The van der Waals surface area contributed by atoms with Gasteiger partial charge in [-0.3, -0.25) is 23.7 Å². The van der Waals surface area contributed by atoms with E-state index in [2.05, 4.69) is 19.9 Å². The summed E-state index contributed by atoms with van der Waals surface area (Å²) in [4.78, 5) is 39.8. The Morgan fingerprint density at radius 1 is 1.44 bits per heavy atom. The van der Waals surface area contributed by atoms with Gasteiger partial charge in [0, 0.05) is 16.4 Å². The molecule has 2 N–H and O–H groups in total. The standard InChI is InChI=1S/C19H21ClFN6O8P/c1-10(18(29)32-2)25-36(31,35-12-5-3-11(20)4-6-12)33-9-15-14(24-26-22)7-16(34-15)27-8-13(21)17(28)23-19(27)30/h3-6,8,10,14-16H,7,9H2,1-2H3,(H,25,31)(H,23,28,30)/t10-,14?,15+,16+,36?/m0/s1. The number of carbonyl (C=O) groups is 1. The molecule has 2 unspecified atom stereocenters. The summed E-state index contributed by atoms with van der Waals surface area (Å²) in [5.41, 5.74) is 6.77. The lowest BCUT2D eigenvalue weighted by atomic mass is 10.1. The van der Waals surface area contributed by atoms with Crippen molar-refractivity contribution in [1.29, 1.82) is 0 Å². The lowest BCUT2D eigenvalue weighted by Crippen LogP contribution is -2.36. The Kier molecular flexibility index (Phi) is 8.90. The number of aromatic nitrogens is 2. The Hall–Kier alpha value is -3.19. The molecule has 3 rings (SSSR count). The zero-order valence-corrected chi connectivity index (χ0v) is 20.5. The number of nitrogens with zero attached hydrogens (tertiary/aromatic N) is 4. The fourth-order valence-electron chi connectivity index (χ4n) is 3.26. The molecular formula is C19H21ClFN6O8P. The molecule has 0 aliphatic carbocycles. The summed E-state index contributed by atoms with van der Waals surface area (Å²) in [6.07, 6.45) is -1.62. The molecule has 0 bridgehead atoms. The fraction of sp³-hybridized carbons (Fsp3) is 0.421. The average molecular weight is 547 g/mol. The minimum atomic E-state index is -4.28. The number of rotatable bonds is 10. The Balaban J connectivity index is 1.82. The number of ether oxygens (including phenoxy) is 2. The maximum Gasteiger partial charge on any atom is 0.459 e. The second kappa shape index (κ2) is 11.7. The van der Waals surface area contributed by atoms with Crippen molar-refractivity contribution in [2.75, 3.05) is 13.7 Å². The molecule has 1 aromatic carbocycles. The van der Waals surface area contributed by atoms with Crippen molar-refractivity contribution in [2.45, 2.75) is 37.8 Å². The van der Waals surface area contributed by atoms with Crippen molar-refractivity contribution in [3.05, 3.63) is 72.6 Å². The van der Waals surface area contributed by atoms with Crippen LogP contribution in [0.2, 0.25) is 5.02 Å². The van der Waals surface area contributed by atoms with E-state index in [1.54, 1.807) is 4.98 Å². The smallest absolute Gasteiger partial charge is 0.459 e. The van der Waals surface area contributed by atoms with Crippen molar-refractivity contribution in [2.24, 2.45) is 5.11 Å². The second-order valence-electron chi connectivity index (χ2n) is 7.49. The molecule has 1 aliphatic rings. The van der Waals surface area contributed by atoms with Crippen LogP contribution in [-0.4, -0.2) is 47.4 Å². The van der Waals surface area contributed by atoms with Gasteiger partial charge in [0.25, 0.3) is 5.56 Å². The van der Waals surface area contributed by atoms with Crippen molar-refractivity contribution >= 4 is 25.3 Å². The van der Waals surface area contributed by atoms with Gasteiger partial charge in [-0.05, 0) is 36.7 Å². The molecule has 2 aromatic rings. The Bertz CT molecular complexity index is 1310. The van der Waals surface area contributed by atoms with Gasteiger partial charge in [0.1, 0.15) is 18.0 Å². The maximum absolute atomic E-state index is 13.7. The van der Waals surface area contributed by atoms with Crippen molar-refractivity contribution in [3.8, 4) is 5.75 Å². The summed E-state index contributed by atoms with van der Waals surface area (Å²) in [6, 6.07) is 3.77. The van der Waals surface area contributed by atoms with E-state index < -0.39 is 61.8 Å². The van der Waals surface area contributed by atoms with Crippen molar-refractivity contribution in [1.82, 2.24) is 14.6 Å². The van der Waals surface area contributed by atoms with Gasteiger partial charge in [-0.25, -0.2) is 9.36 Å². The number of hydrogen-bond donors (Lipinski definition) is 2. The minimum Gasteiger partial charge on any atom is -0.468 e. The van der Waals surface area contributed by atoms with Crippen molar-refractivity contribution < 1.29 is 32.3 Å². The summed E-state index contributed by atoms with van der Waals surface area (Å²) in [5.74, 6) is -1.87. The van der Waals surface area contributed by atoms with E-state index in [-0.39, 0.29) is 12.2 Å². The highest BCUT2D eigenvalue weighted by Gasteiger charge is 2.40. The van der Waals surface area contributed by atoms with E-state index in [9.17, 15) is 23.3 Å². The van der Waals surface area contributed by atoms with Gasteiger partial charge < -0.3 is 14.0 Å². The van der Waals surface area contributed by atoms with Gasteiger partial charge in [0.05, 0.1) is 32.1 Å². The van der Waals surface area contributed by atoms with Crippen LogP contribution >= 0.6 is 19.3 Å². The molecule has 17 heteroatoms. The van der Waals surface area contributed by atoms with Crippen LogP contribution in [0, 0.1) is 5.82 Å². The highest BCUT2D eigenvalue weighted by atomic mass is 35.5. The van der Waals surface area contributed by atoms with Crippen LogP contribution in [0.5, 0.6) is 5.75 Å². The molecule has 14 nitrogen and oxygen atoms in total. The highest BCUT2D eigenvalue weighted by molar-refractivity contribution is 7.52. The first-order valence-electron chi connectivity index (χ1n) is 10.3. The predicted octanol–water partition coefficient (Wildman–Crippen LogP) is 2.65. The number of azide groups is 1. The molecule has 5 atom stereocenters. The number of H-pyrrole nitrogens is 1. The molecule has 2 heterocycles. The van der Waals surface area contributed by atoms with Gasteiger partial charge >= 0.3 is 19.4 Å². The summed E-state index contributed by atoms with van der Waals surface area (Å²) in [6.45, 7) is 0.877. The van der Waals surface area contributed by atoms with Gasteiger partial charge in [-0.15, -0.1) is 0 Å². The zero-order chi connectivity index (χ0) is 26.5. The third-order valence-corrected chi connectivity index (χ3v) is 6.89. The molecule has 0 amide bonds. The Morgan fingerprint density at radius 3 is 2.78 bits per heavy atom. The Morgan fingerprint density at radius 2 is 2.14 bits per heavy atom. The minimum absolute atomic E-state index is 0.0855. The highest BCUT2D eigenvalue weighted by Crippen LogP contribution is 2.46. The molecule has 1 saturated heterocycles. The topological polar surface area (TPSA) is 187 Å². The van der Waals surface area contributed by atoms with E-state index in [0.29, 0.717) is 11.2 Å². The first kappa shape index (κ1) is 27.4. The fourth-order valence-corrected chi connectivity index (χ4v) is 4.89. The second-order valence-corrected chi connectivity index (χ2v) is 9.62. The molecule has 1 fully saturated rings. The summed E-state index contributed by atoms with van der Waals surface area (Å²) >= 11 is 5.86. The van der Waals surface area contributed by atoms with Gasteiger partial charge in [-0.2, -0.15) is 9.48 Å². The van der Waals surface area contributed by atoms with Crippen LogP contribution in [0.15, 0.2) is 45.2 Å². The van der Waals surface area contributed by atoms with Crippen LogP contribution < -0.4 is 20.9 Å². The molecular weight excluding hydrogens is 526 g/mol. The largest absolute Gasteiger partial charge is 0.468 e. The Labute approximate surface area is 207 Å². The van der Waals surface area contributed by atoms with Crippen LogP contribution in [-0.2, 0) is 23.4 Å². The average Bonchev–Trinajstić information content (AvgIpc) is 3.23. The lowest BCUT2D eigenvalue weighted by molar-refractivity contribution is -0.142. The van der Waals surface area contributed by atoms with Crippen LogP contribution in [0.1, 0.15) is 19.6 Å². The number of carbonyl (C=O) groups excluding carboxylic acids is 1. The van der Waals surface area contributed by atoms with E-state index in [0.717, 1.165) is 11.7 Å². The van der Waals surface area contributed by atoms with E-state index >= 15 is 0 Å². The van der Waals surface area contributed by atoms with E-state index in [1.807, 2.05) is 0 Å². The number of esters is 1. The monoisotopic (exact) mass is 546 g/mol. The van der Waals surface area contributed by atoms with Crippen LogP contribution in [0.4, 0.5) is 4.39 Å². The molecule has 0 radical (unpaired) electrons. The number of halogens is 2. The number of benzene rings is 1. The van der Waals surface area contributed by atoms with Crippen molar-refractivity contribution in [3.63, 3.8) is 0 Å². The van der Waals surface area contributed by atoms with Gasteiger partial charge in [-0.1, -0.05) is 16.7 Å². The number of methoxy groups -OCH3 is 1. The molecule has 1 aromatic heterocycles. The first-order chi connectivity index (χ1) is 17.0. The molecule has 0 saturated carbocycles. The lowest BCUT2D eigenvalue weighted by Gasteiger charge is -2.24. The number of nitrogens with one attached hydrogen (secondary N) is 2. The summed E-state index contributed by atoms with van der Waals surface area (Å²) in [7, 11) is -3.13. The molecule has 194 valence electrons. The number of aromatic amines is 1. The van der Waals surface area contributed by atoms with E-state index in [1.165, 1.54) is 31.2 Å². The van der Waals surface area contributed by atoms with Gasteiger partial charge in [0.15, 0.2) is 0 Å². The van der Waals surface area contributed by atoms with Gasteiger partial charge in [0.2, 0.25) is 5.82 Å². The summed E-state index contributed by atoms with van der Waals surface area (Å²) < 4.78 is 49.3. The van der Waals surface area contributed by atoms with Crippen LogP contribution in [0.25, 0.3) is 10.4 Å². The third-order valence-electron chi connectivity index (χ3n) is 4.99. The normalized spacial score (nSPS) is 21.7. The molecule has 0 spiro atoms. The SMILES string of the molecule is COC(=O)[C@H](C)NP(=O)(OC[C@H]1O[C@@H](n2cc(F)c(=O)[nH]c2=O)CC1N=[N+]=[N-])Oc1ccc(Cl)cc1. The maximum atomic E-state index is 13.7. The predicted molar refractivity (Wildman–Crippen MR) is 123 cm³/mol. The first-order valence-corrected chi connectivity index (χ1v) is 12.2. The molecule has 1 aliphatic heterocycles. The number of hydrogen-bond acceptors (Lipinski definition) is 9. The quantitative estimate of drug-likeness (QED) is 0.148. The molecule has 36 heavy (non-hydrogen) atoms. The summed E-state index contributed by atoms with van der Waals surface area (Å²) in [5, 5.41) is 6.44. The van der Waals surface area contributed by atoms with E-state index in [4.69, 9.17) is 30.9 Å². The van der Waals surface area contributed by atoms with Crippen LogP contribution in [0.3, 0.4) is 0 Å². The third kappa shape index (κ3) is 6.72.